The van der Waals surface area contributed by atoms with Crippen LogP contribution in [0.1, 0.15) is 32.3 Å². The molecule has 2 aliphatic rings. The van der Waals surface area contributed by atoms with E-state index in [0.717, 1.165) is 0 Å². The monoisotopic (exact) mass is 315 g/mol. The number of likely N-dealkylation sites (tertiary alicyclic amines) is 1. The summed E-state index contributed by atoms with van der Waals surface area (Å²) in [6, 6.07) is 8.94. The molecule has 0 radical (unpaired) electrons. The molecule has 0 bridgehead atoms. The van der Waals surface area contributed by atoms with Gasteiger partial charge in [-0.2, -0.15) is 0 Å². The average Bonchev–Trinajstić information content (AvgIpc) is 3.05. The lowest BCUT2D eigenvalue weighted by atomic mass is 9.92. The van der Waals surface area contributed by atoms with Crippen LogP contribution in [0, 0.1) is 0 Å². The van der Waals surface area contributed by atoms with Gasteiger partial charge in [0.05, 0.1) is 0 Å². The molecule has 1 amide bonds. The highest BCUT2D eigenvalue weighted by Crippen LogP contribution is 2.41. The zero-order valence-corrected chi connectivity index (χ0v) is 13.0. The van der Waals surface area contributed by atoms with E-state index in [4.69, 9.17) is 9.47 Å². The molecule has 1 fully saturated rings. The number of Topliss-reactive ketones (excluding diaryl/α,β-unsaturated/α-hetero) is 1. The minimum Gasteiger partial charge on any atom is -0.456 e. The van der Waals surface area contributed by atoms with Crippen molar-refractivity contribution in [3.63, 3.8) is 0 Å². The fourth-order valence-electron chi connectivity index (χ4n) is 2.82. The number of ether oxygens (including phenoxy) is 2. The molecule has 0 saturated carbocycles. The van der Waals surface area contributed by atoms with Gasteiger partial charge in [-0.15, -0.1) is 0 Å². The first-order valence-electron chi connectivity index (χ1n) is 7.46. The van der Waals surface area contributed by atoms with Crippen molar-refractivity contribution in [3.05, 3.63) is 47.5 Å². The summed E-state index contributed by atoms with van der Waals surface area (Å²) in [7, 11) is 0. The molecule has 2 heterocycles. The predicted octanol–water partition coefficient (Wildman–Crippen LogP) is 1.86. The van der Waals surface area contributed by atoms with E-state index < -0.39 is 17.4 Å². The van der Waals surface area contributed by atoms with E-state index in [-0.39, 0.29) is 17.5 Å². The molecule has 1 atom stereocenters. The maximum Gasteiger partial charge on any atom is 0.308 e. The number of rotatable bonds is 3. The highest BCUT2D eigenvalue weighted by molar-refractivity contribution is 6.04. The number of amides is 1. The predicted molar refractivity (Wildman–Crippen MR) is 79.6 cm³/mol. The third kappa shape index (κ3) is 2.50. The summed E-state index contributed by atoms with van der Waals surface area (Å²) in [5.74, 6) is -1.39. The summed E-state index contributed by atoms with van der Waals surface area (Å²) >= 11 is 0. The van der Waals surface area contributed by atoms with Crippen molar-refractivity contribution in [2.45, 2.75) is 32.3 Å². The molecule has 0 aromatic heterocycles. The van der Waals surface area contributed by atoms with Crippen LogP contribution in [0.15, 0.2) is 42.0 Å². The van der Waals surface area contributed by atoms with E-state index in [1.807, 2.05) is 6.07 Å². The Morgan fingerprint density at radius 1 is 1.26 bits per heavy atom. The SMILES string of the molecule is CC(=O)OC1=C(N2CCCC2=O)OC(C)(c2ccccc2)C1=O. The number of carbonyl (C=O) groups is 3. The Morgan fingerprint density at radius 3 is 2.52 bits per heavy atom. The molecule has 23 heavy (non-hydrogen) atoms. The van der Waals surface area contributed by atoms with E-state index in [1.165, 1.54) is 11.8 Å². The van der Waals surface area contributed by atoms with Crippen molar-refractivity contribution in [2.75, 3.05) is 6.54 Å². The third-order valence-corrected chi connectivity index (χ3v) is 4.02. The standard InChI is InChI=1S/C17H17NO5/c1-11(19)22-14-15(21)17(2,12-7-4-3-5-8-12)23-16(14)18-10-6-9-13(18)20/h3-5,7-8H,6,9-10H2,1-2H3. The minimum absolute atomic E-state index is 0.0408. The first-order chi connectivity index (χ1) is 10.9. The molecule has 6 heteroatoms. The van der Waals surface area contributed by atoms with Gasteiger partial charge in [0.1, 0.15) is 0 Å². The molecule has 1 aromatic carbocycles. The Morgan fingerprint density at radius 2 is 1.96 bits per heavy atom. The summed E-state index contributed by atoms with van der Waals surface area (Å²) in [4.78, 5) is 37.6. The average molecular weight is 315 g/mol. The summed E-state index contributed by atoms with van der Waals surface area (Å²) in [6.45, 7) is 3.26. The molecule has 0 spiro atoms. The lowest BCUT2D eigenvalue weighted by molar-refractivity contribution is -0.142. The number of hydrogen-bond donors (Lipinski definition) is 0. The van der Waals surface area contributed by atoms with Gasteiger partial charge in [-0.3, -0.25) is 19.3 Å². The van der Waals surface area contributed by atoms with E-state index in [0.29, 0.717) is 24.9 Å². The number of benzene rings is 1. The second-order valence-electron chi connectivity index (χ2n) is 5.71. The summed E-state index contributed by atoms with van der Waals surface area (Å²) in [5.41, 5.74) is -0.680. The van der Waals surface area contributed by atoms with Gasteiger partial charge < -0.3 is 9.47 Å². The first kappa shape index (κ1) is 15.3. The Bertz CT molecular complexity index is 709. The second-order valence-corrected chi connectivity index (χ2v) is 5.71. The van der Waals surface area contributed by atoms with Gasteiger partial charge in [-0.05, 0) is 13.3 Å². The van der Waals surface area contributed by atoms with Crippen molar-refractivity contribution in [3.8, 4) is 0 Å². The zero-order valence-electron chi connectivity index (χ0n) is 13.0. The van der Waals surface area contributed by atoms with Crippen LogP contribution < -0.4 is 0 Å². The fraction of sp³-hybridized carbons (Fsp3) is 0.353. The molecule has 1 unspecified atom stereocenters. The number of carbonyl (C=O) groups excluding carboxylic acids is 3. The van der Waals surface area contributed by atoms with Crippen LogP contribution in [0.2, 0.25) is 0 Å². The maximum absolute atomic E-state index is 12.8. The van der Waals surface area contributed by atoms with Crippen LogP contribution in [-0.2, 0) is 29.5 Å². The van der Waals surface area contributed by atoms with Gasteiger partial charge in [-0.1, -0.05) is 30.3 Å². The van der Waals surface area contributed by atoms with Gasteiger partial charge in [-0.25, -0.2) is 0 Å². The molecular weight excluding hydrogens is 298 g/mol. The largest absolute Gasteiger partial charge is 0.456 e. The molecule has 120 valence electrons. The summed E-state index contributed by atoms with van der Waals surface area (Å²) < 4.78 is 11.0. The second kappa shape index (κ2) is 5.53. The van der Waals surface area contributed by atoms with E-state index in [9.17, 15) is 14.4 Å². The van der Waals surface area contributed by atoms with Crippen LogP contribution in [0.3, 0.4) is 0 Å². The van der Waals surface area contributed by atoms with Crippen LogP contribution in [-0.4, -0.2) is 29.1 Å². The normalized spacial score (nSPS) is 24.2. The highest BCUT2D eigenvalue weighted by Gasteiger charge is 2.51. The Balaban J connectivity index is 2.03. The van der Waals surface area contributed by atoms with Gasteiger partial charge in [0.15, 0.2) is 5.60 Å². The van der Waals surface area contributed by atoms with Gasteiger partial charge >= 0.3 is 5.97 Å². The molecule has 0 aliphatic carbocycles. The minimum atomic E-state index is -1.32. The lowest BCUT2D eigenvalue weighted by Crippen LogP contribution is -2.32. The first-order valence-corrected chi connectivity index (χ1v) is 7.46. The quantitative estimate of drug-likeness (QED) is 0.796. The molecule has 0 N–H and O–H groups in total. The van der Waals surface area contributed by atoms with Crippen LogP contribution in [0.5, 0.6) is 0 Å². The van der Waals surface area contributed by atoms with Crippen LogP contribution in [0.4, 0.5) is 0 Å². The van der Waals surface area contributed by atoms with Gasteiger partial charge in [0.25, 0.3) is 5.78 Å². The molecular formula is C17H17NO5. The van der Waals surface area contributed by atoms with Gasteiger partial charge in [0.2, 0.25) is 17.5 Å². The molecule has 3 rings (SSSR count). The van der Waals surface area contributed by atoms with Crippen molar-refractivity contribution in [2.24, 2.45) is 0 Å². The Hall–Kier alpha value is -2.63. The summed E-state index contributed by atoms with van der Waals surface area (Å²) in [5, 5.41) is 0. The number of ketones is 1. The Kier molecular flexibility index (Phi) is 3.67. The maximum atomic E-state index is 12.8. The molecule has 1 aromatic rings. The highest BCUT2D eigenvalue weighted by atomic mass is 16.6. The van der Waals surface area contributed by atoms with E-state index in [2.05, 4.69) is 0 Å². The van der Waals surface area contributed by atoms with Crippen molar-refractivity contribution >= 4 is 17.7 Å². The topological polar surface area (TPSA) is 72.9 Å². The fourth-order valence-corrected chi connectivity index (χ4v) is 2.82. The van der Waals surface area contributed by atoms with E-state index >= 15 is 0 Å². The smallest absolute Gasteiger partial charge is 0.308 e. The number of hydrogen-bond acceptors (Lipinski definition) is 5. The van der Waals surface area contributed by atoms with Crippen molar-refractivity contribution < 1.29 is 23.9 Å². The Labute approximate surface area is 133 Å². The number of esters is 1. The van der Waals surface area contributed by atoms with Crippen molar-refractivity contribution in [1.82, 2.24) is 4.90 Å². The summed E-state index contributed by atoms with van der Waals surface area (Å²) in [6.07, 6.45) is 1.06. The molecule has 1 saturated heterocycles. The van der Waals surface area contributed by atoms with Gasteiger partial charge in [0, 0.05) is 25.5 Å². The zero-order chi connectivity index (χ0) is 16.6. The van der Waals surface area contributed by atoms with Crippen molar-refractivity contribution in [1.29, 1.82) is 0 Å². The van der Waals surface area contributed by atoms with Crippen LogP contribution >= 0.6 is 0 Å². The molecule has 2 aliphatic heterocycles. The van der Waals surface area contributed by atoms with E-state index in [1.54, 1.807) is 31.2 Å². The third-order valence-electron chi connectivity index (χ3n) is 4.02. The number of nitrogens with zero attached hydrogens (tertiary/aromatic N) is 1. The molecule has 6 nitrogen and oxygen atoms in total. The lowest BCUT2D eigenvalue weighted by Gasteiger charge is -2.25. The van der Waals surface area contributed by atoms with Crippen LogP contribution in [0.25, 0.3) is 0 Å².